The van der Waals surface area contributed by atoms with E-state index in [-0.39, 0.29) is 19.3 Å². The van der Waals surface area contributed by atoms with Crippen LogP contribution in [0.15, 0.2) is 48.7 Å². The zero-order valence-corrected chi connectivity index (χ0v) is 16.1. The molecule has 4 rings (SSSR count). The maximum absolute atomic E-state index is 12.1. The third-order valence-electron chi connectivity index (χ3n) is 4.66. The lowest BCUT2D eigenvalue weighted by molar-refractivity contribution is 0.0468. The molecule has 8 nitrogen and oxygen atoms in total. The molecule has 1 aliphatic heterocycles. The van der Waals surface area contributed by atoms with Gasteiger partial charge in [0.25, 0.3) is 0 Å². The van der Waals surface area contributed by atoms with Gasteiger partial charge in [-0.05, 0) is 24.6 Å². The fraction of sp³-hybridized carbons (Fsp3) is 0.333. The van der Waals surface area contributed by atoms with Crippen molar-refractivity contribution in [3.8, 4) is 11.5 Å². The number of fused-ring (bicyclic) bond motifs is 3. The van der Waals surface area contributed by atoms with Crippen LogP contribution in [0.3, 0.4) is 0 Å². The van der Waals surface area contributed by atoms with E-state index >= 15 is 0 Å². The molecular weight excluding hydrogens is 374 g/mol. The first-order chi connectivity index (χ1) is 14.1. The summed E-state index contributed by atoms with van der Waals surface area (Å²) in [7, 11) is 0. The van der Waals surface area contributed by atoms with E-state index in [1.54, 1.807) is 10.9 Å². The van der Waals surface area contributed by atoms with Crippen molar-refractivity contribution in [2.45, 2.75) is 32.2 Å². The first-order valence-corrected chi connectivity index (χ1v) is 9.50. The van der Waals surface area contributed by atoms with Crippen molar-refractivity contribution in [1.29, 1.82) is 0 Å². The fourth-order valence-electron chi connectivity index (χ4n) is 3.24. The minimum absolute atomic E-state index is 0.130. The highest BCUT2D eigenvalue weighted by Crippen LogP contribution is 2.38. The van der Waals surface area contributed by atoms with Crippen LogP contribution < -0.4 is 14.8 Å². The Balaban J connectivity index is 1.43. The zero-order valence-electron chi connectivity index (χ0n) is 16.1. The molecule has 0 saturated heterocycles. The van der Waals surface area contributed by atoms with Gasteiger partial charge in [0.1, 0.15) is 18.7 Å². The number of hydrogen-bond donors (Lipinski definition) is 2. The van der Waals surface area contributed by atoms with Crippen LogP contribution in [0.4, 0.5) is 4.79 Å². The molecule has 0 aliphatic carbocycles. The molecule has 2 heterocycles. The summed E-state index contributed by atoms with van der Waals surface area (Å²) in [6, 6.07) is 13.0. The summed E-state index contributed by atoms with van der Waals surface area (Å²) in [5.74, 6) is 1.18. The number of alkyl carbamates (subject to hydrolysis) is 1. The van der Waals surface area contributed by atoms with E-state index in [0.29, 0.717) is 24.7 Å². The molecule has 0 spiro atoms. The number of aromatic nitrogens is 2. The number of hydrogen-bond acceptors (Lipinski definition) is 6. The SMILES string of the molecule is C[C@@H](Cn1ncc2ccc3c(c21)OC(CO)CO3)NC(=O)OCc1ccccc1. The number of benzene rings is 2. The zero-order chi connectivity index (χ0) is 20.2. The molecule has 3 aromatic rings. The standard InChI is InChI=1S/C21H23N3O5/c1-14(23-21(26)28-12-15-5-3-2-4-6-15)10-24-19-16(9-22-24)7-8-18-20(19)29-17(11-25)13-27-18/h2-9,14,17,25H,10-13H2,1H3,(H,23,26)/t14-,17?/m0/s1. The Morgan fingerprint density at radius 2 is 2.17 bits per heavy atom. The van der Waals surface area contributed by atoms with Crippen LogP contribution in [0.5, 0.6) is 11.5 Å². The summed E-state index contributed by atoms with van der Waals surface area (Å²) >= 11 is 0. The molecule has 2 aromatic carbocycles. The Hall–Kier alpha value is -3.26. The van der Waals surface area contributed by atoms with Gasteiger partial charge in [0, 0.05) is 11.4 Å². The topological polar surface area (TPSA) is 94.8 Å². The predicted octanol–water partition coefficient (Wildman–Crippen LogP) is 2.48. The van der Waals surface area contributed by atoms with Gasteiger partial charge in [-0.25, -0.2) is 4.79 Å². The second kappa shape index (κ2) is 8.40. The van der Waals surface area contributed by atoms with E-state index in [1.165, 1.54) is 0 Å². The Morgan fingerprint density at radius 1 is 1.34 bits per heavy atom. The van der Waals surface area contributed by atoms with Crippen LogP contribution in [0.2, 0.25) is 0 Å². The molecule has 0 radical (unpaired) electrons. The highest BCUT2D eigenvalue weighted by molar-refractivity contribution is 5.87. The van der Waals surface area contributed by atoms with Gasteiger partial charge in [-0.15, -0.1) is 0 Å². The number of amides is 1. The van der Waals surface area contributed by atoms with Crippen molar-refractivity contribution in [3.05, 3.63) is 54.2 Å². The fourth-order valence-corrected chi connectivity index (χ4v) is 3.24. The van der Waals surface area contributed by atoms with Gasteiger partial charge in [-0.1, -0.05) is 30.3 Å². The van der Waals surface area contributed by atoms with Crippen molar-refractivity contribution in [1.82, 2.24) is 15.1 Å². The average molecular weight is 397 g/mol. The molecule has 152 valence electrons. The number of carbonyl (C=O) groups is 1. The quantitative estimate of drug-likeness (QED) is 0.664. The third-order valence-corrected chi connectivity index (χ3v) is 4.66. The van der Waals surface area contributed by atoms with Crippen LogP contribution >= 0.6 is 0 Å². The van der Waals surface area contributed by atoms with Crippen molar-refractivity contribution in [3.63, 3.8) is 0 Å². The number of aliphatic hydroxyl groups excluding tert-OH is 1. The molecule has 2 atom stereocenters. The number of nitrogens with zero attached hydrogens (tertiary/aromatic N) is 2. The van der Waals surface area contributed by atoms with Crippen LogP contribution in [0, 0.1) is 0 Å². The van der Waals surface area contributed by atoms with Crippen LogP contribution in [0.1, 0.15) is 12.5 Å². The molecule has 8 heteroatoms. The molecule has 0 fully saturated rings. The minimum Gasteiger partial charge on any atom is -0.486 e. The largest absolute Gasteiger partial charge is 0.486 e. The molecule has 0 saturated carbocycles. The predicted molar refractivity (Wildman–Crippen MR) is 106 cm³/mol. The van der Waals surface area contributed by atoms with E-state index in [1.807, 2.05) is 49.4 Å². The van der Waals surface area contributed by atoms with E-state index in [0.717, 1.165) is 16.5 Å². The van der Waals surface area contributed by atoms with E-state index < -0.39 is 12.2 Å². The van der Waals surface area contributed by atoms with Crippen molar-refractivity contribution in [2.24, 2.45) is 0 Å². The normalized spacial score (nSPS) is 16.4. The van der Waals surface area contributed by atoms with Crippen molar-refractivity contribution >= 4 is 17.0 Å². The summed E-state index contributed by atoms with van der Waals surface area (Å²) in [6.07, 6.45) is 0.835. The average Bonchev–Trinajstić information content (AvgIpc) is 3.15. The second-order valence-corrected chi connectivity index (χ2v) is 7.00. The second-order valence-electron chi connectivity index (χ2n) is 7.00. The minimum atomic E-state index is -0.486. The van der Waals surface area contributed by atoms with Crippen LogP contribution in [0.25, 0.3) is 10.9 Å². The van der Waals surface area contributed by atoms with Gasteiger partial charge in [0.15, 0.2) is 17.6 Å². The lowest BCUT2D eigenvalue weighted by atomic mass is 10.2. The number of ether oxygens (including phenoxy) is 3. The molecule has 0 bridgehead atoms. The van der Waals surface area contributed by atoms with E-state index in [4.69, 9.17) is 14.2 Å². The van der Waals surface area contributed by atoms with E-state index in [9.17, 15) is 9.90 Å². The van der Waals surface area contributed by atoms with Gasteiger partial charge in [-0.2, -0.15) is 5.10 Å². The summed E-state index contributed by atoms with van der Waals surface area (Å²) < 4.78 is 18.6. The molecule has 1 aliphatic rings. The van der Waals surface area contributed by atoms with Gasteiger partial charge >= 0.3 is 6.09 Å². The van der Waals surface area contributed by atoms with Gasteiger partial charge in [0.05, 0.1) is 19.3 Å². The van der Waals surface area contributed by atoms with Crippen LogP contribution in [-0.4, -0.2) is 46.3 Å². The molecular formula is C21H23N3O5. The first kappa shape index (κ1) is 19.1. The third kappa shape index (κ3) is 4.27. The monoisotopic (exact) mass is 397 g/mol. The van der Waals surface area contributed by atoms with Crippen molar-refractivity contribution in [2.75, 3.05) is 13.2 Å². The molecule has 1 aromatic heterocycles. The van der Waals surface area contributed by atoms with E-state index in [2.05, 4.69) is 10.4 Å². The summed E-state index contributed by atoms with van der Waals surface area (Å²) in [5, 5.41) is 17.5. The van der Waals surface area contributed by atoms with Gasteiger partial charge < -0.3 is 24.6 Å². The maximum atomic E-state index is 12.1. The number of carbonyl (C=O) groups excluding carboxylic acids is 1. The molecule has 1 unspecified atom stereocenters. The number of nitrogens with one attached hydrogen (secondary N) is 1. The summed E-state index contributed by atoms with van der Waals surface area (Å²) in [5.41, 5.74) is 1.70. The smallest absolute Gasteiger partial charge is 0.407 e. The Morgan fingerprint density at radius 3 is 2.97 bits per heavy atom. The van der Waals surface area contributed by atoms with Gasteiger partial charge in [0.2, 0.25) is 0 Å². The highest BCUT2D eigenvalue weighted by atomic mass is 16.6. The molecule has 29 heavy (non-hydrogen) atoms. The Bertz CT molecular complexity index is 989. The maximum Gasteiger partial charge on any atom is 0.407 e. The molecule has 1 amide bonds. The van der Waals surface area contributed by atoms with Crippen molar-refractivity contribution < 1.29 is 24.1 Å². The Labute approximate surface area is 168 Å². The highest BCUT2D eigenvalue weighted by Gasteiger charge is 2.25. The lowest BCUT2D eigenvalue weighted by Crippen LogP contribution is -2.36. The van der Waals surface area contributed by atoms with Crippen LogP contribution in [-0.2, 0) is 17.9 Å². The van der Waals surface area contributed by atoms with Gasteiger partial charge in [-0.3, -0.25) is 4.68 Å². The first-order valence-electron chi connectivity index (χ1n) is 9.50. The Kier molecular flexibility index (Phi) is 5.53. The number of aliphatic hydroxyl groups is 1. The number of rotatable bonds is 6. The summed E-state index contributed by atoms with van der Waals surface area (Å²) in [4.78, 5) is 12.1. The molecule has 2 N–H and O–H groups in total. The summed E-state index contributed by atoms with van der Waals surface area (Å²) in [6.45, 7) is 2.68. The lowest BCUT2D eigenvalue weighted by Gasteiger charge is -2.26.